The molecule has 0 spiro atoms. The molecule has 2 N–H and O–H groups in total. The maximum absolute atomic E-state index is 11.9. The fourth-order valence-corrected chi connectivity index (χ4v) is 2.24. The molecule has 0 radical (unpaired) electrons. The predicted octanol–water partition coefficient (Wildman–Crippen LogP) is 3.16. The number of benzene rings is 2. The number of para-hydroxylation sites is 1. The second-order valence-corrected chi connectivity index (χ2v) is 5.73. The average Bonchev–Trinajstić information content (AvgIpc) is 2.65. The van der Waals surface area contributed by atoms with Crippen LogP contribution >= 0.6 is 0 Å². The minimum Gasteiger partial charge on any atom is -0.484 e. The Hall–Kier alpha value is -2.82. The Morgan fingerprint density at radius 3 is 2.36 bits per heavy atom. The molecule has 25 heavy (non-hydrogen) atoms. The summed E-state index contributed by atoms with van der Waals surface area (Å²) in [7, 11) is 0. The van der Waals surface area contributed by atoms with Gasteiger partial charge in [0.15, 0.2) is 6.61 Å². The van der Waals surface area contributed by atoms with E-state index in [0.717, 1.165) is 24.9 Å². The number of carbonyl (C=O) groups is 2. The van der Waals surface area contributed by atoms with Crippen molar-refractivity contribution in [2.45, 2.75) is 26.2 Å². The zero-order valence-electron chi connectivity index (χ0n) is 14.5. The van der Waals surface area contributed by atoms with Gasteiger partial charge in [0, 0.05) is 5.69 Å². The van der Waals surface area contributed by atoms with E-state index in [1.165, 1.54) is 5.56 Å². The molecule has 0 aliphatic rings. The lowest BCUT2D eigenvalue weighted by atomic mass is 10.1. The highest BCUT2D eigenvalue weighted by molar-refractivity contribution is 5.94. The molecule has 0 saturated carbocycles. The summed E-state index contributed by atoms with van der Waals surface area (Å²) in [5, 5.41) is 5.30. The van der Waals surface area contributed by atoms with Crippen LogP contribution in [0.1, 0.15) is 25.3 Å². The maximum Gasteiger partial charge on any atom is 0.258 e. The van der Waals surface area contributed by atoms with Crippen molar-refractivity contribution in [3.8, 4) is 5.75 Å². The van der Waals surface area contributed by atoms with Gasteiger partial charge in [-0.15, -0.1) is 0 Å². The maximum atomic E-state index is 11.9. The Morgan fingerprint density at radius 2 is 1.68 bits per heavy atom. The normalized spacial score (nSPS) is 10.1. The Bertz CT molecular complexity index is 669. The summed E-state index contributed by atoms with van der Waals surface area (Å²) in [4.78, 5) is 23.6. The summed E-state index contributed by atoms with van der Waals surface area (Å²) < 4.78 is 5.32. The van der Waals surface area contributed by atoms with Crippen LogP contribution in [0, 0.1) is 0 Å². The molecule has 0 atom stereocenters. The summed E-state index contributed by atoms with van der Waals surface area (Å²) in [6.45, 7) is 1.95. The molecule has 2 amide bonds. The minimum absolute atomic E-state index is 0.0887. The van der Waals surface area contributed by atoms with Crippen LogP contribution in [0.3, 0.4) is 0 Å². The van der Waals surface area contributed by atoms with E-state index in [4.69, 9.17) is 4.74 Å². The second-order valence-electron chi connectivity index (χ2n) is 5.73. The third-order valence-corrected chi connectivity index (χ3v) is 3.62. The molecule has 0 unspecified atom stereocenters. The SMILES string of the molecule is CCCCc1ccc(NC(=O)CNC(=O)COc2ccccc2)cc1. The monoisotopic (exact) mass is 340 g/mol. The molecule has 2 aromatic carbocycles. The largest absolute Gasteiger partial charge is 0.484 e. The van der Waals surface area contributed by atoms with Gasteiger partial charge in [0.05, 0.1) is 6.54 Å². The van der Waals surface area contributed by atoms with Crippen LogP contribution in [0.25, 0.3) is 0 Å². The van der Waals surface area contributed by atoms with Gasteiger partial charge >= 0.3 is 0 Å². The van der Waals surface area contributed by atoms with Crippen LogP contribution in [-0.4, -0.2) is 25.0 Å². The third-order valence-electron chi connectivity index (χ3n) is 3.62. The van der Waals surface area contributed by atoms with Gasteiger partial charge in [-0.05, 0) is 42.7 Å². The average molecular weight is 340 g/mol. The molecule has 132 valence electrons. The molecule has 2 rings (SSSR count). The molecular formula is C20H24N2O3. The Balaban J connectivity index is 1.68. The van der Waals surface area contributed by atoms with Crippen LogP contribution in [0.5, 0.6) is 5.75 Å². The van der Waals surface area contributed by atoms with Crippen molar-refractivity contribution in [2.24, 2.45) is 0 Å². The van der Waals surface area contributed by atoms with Crippen LogP contribution < -0.4 is 15.4 Å². The summed E-state index contributed by atoms with van der Waals surface area (Å²) in [5.74, 6) is 0.00792. The van der Waals surface area contributed by atoms with Crippen molar-refractivity contribution >= 4 is 17.5 Å². The minimum atomic E-state index is -0.339. The number of unbranched alkanes of at least 4 members (excludes halogenated alkanes) is 1. The fraction of sp³-hybridized carbons (Fsp3) is 0.300. The van der Waals surface area contributed by atoms with E-state index in [2.05, 4.69) is 17.6 Å². The van der Waals surface area contributed by atoms with Gasteiger partial charge in [0.2, 0.25) is 5.91 Å². The fourth-order valence-electron chi connectivity index (χ4n) is 2.24. The van der Waals surface area contributed by atoms with E-state index < -0.39 is 0 Å². The van der Waals surface area contributed by atoms with Crippen molar-refractivity contribution in [2.75, 3.05) is 18.5 Å². The molecule has 2 aromatic rings. The topological polar surface area (TPSA) is 67.4 Å². The Labute approximate surface area is 148 Å². The van der Waals surface area contributed by atoms with E-state index >= 15 is 0 Å². The summed E-state index contributed by atoms with van der Waals surface area (Å²) in [5.41, 5.74) is 1.98. The van der Waals surface area contributed by atoms with Crippen molar-refractivity contribution < 1.29 is 14.3 Å². The van der Waals surface area contributed by atoms with Crippen molar-refractivity contribution in [3.05, 3.63) is 60.2 Å². The highest BCUT2D eigenvalue weighted by Gasteiger charge is 2.07. The molecule has 0 saturated heterocycles. The van der Waals surface area contributed by atoms with Gasteiger partial charge in [-0.25, -0.2) is 0 Å². The Kier molecular flexibility index (Phi) is 7.50. The van der Waals surface area contributed by atoms with Crippen molar-refractivity contribution in [3.63, 3.8) is 0 Å². The number of rotatable bonds is 9. The molecule has 0 aliphatic heterocycles. The van der Waals surface area contributed by atoms with E-state index in [-0.39, 0.29) is 25.0 Å². The number of anilines is 1. The number of carbonyl (C=O) groups excluding carboxylic acids is 2. The van der Waals surface area contributed by atoms with Crippen LogP contribution in [0.2, 0.25) is 0 Å². The molecule has 0 fully saturated rings. The number of aryl methyl sites for hydroxylation is 1. The first-order valence-corrected chi connectivity index (χ1v) is 8.50. The lowest BCUT2D eigenvalue weighted by molar-refractivity contribution is -0.125. The van der Waals surface area contributed by atoms with E-state index in [1.54, 1.807) is 12.1 Å². The summed E-state index contributed by atoms with van der Waals surface area (Å²) >= 11 is 0. The van der Waals surface area contributed by atoms with E-state index in [9.17, 15) is 9.59 Å². The molecule has 0 aliphatic carbocycles. The molecule has 5 nitrogen and oxygen atoms in total. The number of nitrogens with one attached hydrogen (secondary N) is 2. The molecule has 0 aromatic heterocycles. The van der Waals surface area contributed by atoms with Crippen molar-refractivity contribution in [1.82, 2.24) is 5.32 Å². The Morgan fingerprint density at radius 1 is 0.960 bits per heavy atom. The number of hydrogen-bond donors (Lipinski definition) is 2. The summed E-state index contributed by atoms with van der Waals surface area (Å²) in [6.07, 6.45) is 3.36. The first-order chi connectivity index (χ1) is 12.2. The van der Waals surface area contributed by atoms with Crippen molar-refractivity contribution in [1.29, 1.82) is 0 Å². The van der Waals surface area contributed by atoms with E-state index in [1.807, 2.05) is 42.5 Å². The molecule has 0 heterocycles. The standard InChI is InChI=1S/C20H24N2O3/c1-2-3-7-16-10-12-17(13-11-16)22-19(23)14-21-20(24)15-25-18-8-5-4-6-9-18/h4-6,8-13H,2-3,7,14-15H2,1H3,(H,21,24)(H,22,23). The summed E-state index contributed by atoms with van der Waals surface area (Å²) in [6, 6.07) is 16.8. The van der Waals surface area contributed by atoms with Crippen LogP contribution in [-0.2, 0) is 16.0 Å². The number of ether oxygens (including phenoxy) is 1. The van der Waals surface area contributed by atoms with Crippen LogP contribution in [0.4, 0.5) is 5.69 Å². The quantitative estimate of drug-likeness (QED) is 0.737. The zero-order chi connectivity index (χ0) is 17.9. The van der Waals surface area contributed by atoms with Gasteiger partial charge in [-0.2, -0.15) is 0 Å². The van der Waals surface area contributed by atoms with Gasteiger partial charge in [0.1, 0.15) is 5.75 Å². The lowest BCUT2D eigenvalue weighted by Gasteiger charge is -2.09. The van der Waals surface area contributed by atoms with Gasteiger partial charge in [-0.3, -0.25) is 9.59 Å². The predicted molar refractivity (Wildman–Crippen MR) is 98.6 cm³/mol. The molecule has 5 heteroatoms. The number of amides is 2. The van der Waals surface area contributed by atoms with Gasteiger partial charge in [-0.1, -0.05) is 43.7 Å². The highest BCUT2D eigenvalue weighted by atomic mass is 16.5. The number of hydrogen-bond acceptors (Lipinski definition) is 3. The van der Waals surface area contributed by atoms with Gasteiger partial charge in [0.25, 0.3) is 5.91 Å². The highest BCUT2D eigenvalue weighted by Crippen LogP contribution is 2.11. The second kappa shape index (κ2) is 10.1. The van der Waals surface area contributed by atoms with E-state index in [0.29, 0.717) is 5.75 Å². The van der Waals surface area contributed by atoms with Gasteiger partial charge < -0.3 is 15.4 Å². The first kappa shape index (κ1) is 18.5. The van der Waals surface area contributed by atoms with Crippen LogP contribution in [0.15, 0.2) is 54.6 Å². The smallest absolute Gasteiger partial charge is 0.258 e. The molecule has 0 bridgehead atoms. The zero-order valence-corrected chi connectivity index (χ0v) is 14.5. The first-order valence-electron chi connectivity index (χ1n) is 8.50. The lowest BCUT2D eigenvalue weighted by Crippen LogP contribution is -2.35. The third kappa shape index (κ3) is 7.08. The molecular weight excluding hydrogens is 316 g/mol.